The average Bonchev–Trinajstić information content (AvgIpc) is 2.19. The average molecular weight is 213 g/mol. The van der Waals surface area contributed by atoms with Crippen molar-refractivity contribution in [2.75, 3.05) is 20.3 Å². The second kappa shape index (κ2) is 6.49. The summed E-state index contributed by atoms with van der Waals surface area (Å²) in [4.78, 5) is 0. The molecule has 0 saturated heterocycles. The molecule has 1 fully saturated rings. The van der Waals surface area contributed by atoms with Gasteiger partial charge in [0.1, 0.15) is 0 Å². The fraction of sp³-hybridized carbons (Fsp3) is 1.00. The smallest absolute Gasteiger partial charge is 0.0615 e. The Morgan fingerprint density at radius 2 is 2.13 bits per heavy atom. The second-order valence-electron chi connectivity index (χ2n) is 5.34. The summed E-state index contributed by atoms with van der Waals surface area (Å²) in [5.74, 6) is 0. The van der Waals surface area contributed by atoms with Crippen LogP contribution in [0.4, 0.5) is 0 Å². The van der Waals surface area contributed by atoms with Gasteiger partial charge in [-0.3, -0.25) is 0 Å². The molecular weight excluding hydrogens is 186 g/mol. The summed E-state index contributed by atoms with van der Waals surface area (Å²) in [6, 6.07) is 0.562. The molecule has 0 aromatic carbocycles. The molecule has 1 atom stereocenters. The standard InChI is InChI=1S/C13H27NO/c1-4-5-7-12(10-15-3)14-11-13(2)8-6-9-13/h12,14H,4-11H2,1-3H3. The fourth-order valence-electron chi connectivity index (χ4n) is 2.24. The van der Waals surface area contributed by atoms with Crippen molar-refractivity contribution >= 4 is 0 Å². The zero-order chi connectivity index (χ0) is 11.1. The van der Waals surface area contributed by atoms with Gasteiger partial charge in [0.15, 0.2) is 0 Å². The molecule has 15 heavy (non-hydrogen) atoms. The van der Waals surface area contributed by atoms with Crippen LogP contribution in [0.2, 0.25) is 0 Å². The lowest BCUT2D eigenvalue weighted by molar-refractivity contribution is 0.121. The van der Waals surface area contributed by atoms with E-state index in [4.69, 9.17) is 4.74 Å². The van der Waals surface area contributed by atoms with Crippen molar-refractivity contribution in [2.45, 2.75) is 58.4 Å². The maximum Gasteiger partial charge on any atom is 0.0615 e. The van der Waals surface area contributed by atoms with Gasteiger partial charge in [-0.15, -0.1) is 0 Å². The van der Waals surface area contributed by atoms with Gasteiger partial charge in [-0.25, -0.2) is 0 Å². The van der Waals surface area contributed by atoms with Gasteiger partial charge in [-0.05, 0) is 24.7 Å². The maximum atomic E-state index is 5.26. The highest BCUT2D eigenvalue weighted by Gasteiger charge is 2.31. The van der Waals surface area contributed by atoms with Gasteiger partial charge in [0.25, 0.3) is 0 Å². The third-order valence-corrected chi connectivity index (χ3v) is 3.65. The number of methoxy groups -OCH3 is 1. The molecule has 1 rings (SSSR count). The molecule has 1 aliphatic carbocycles. The largest absolute Gasteiger partial charge is 0.383 e. The van der Waals surface area contributed by atoms with Crippen LogP contribution in [0.3, 0.4) is 0 Å². The molecule has 1 saturated carbocycles. The summed E-state index contributed by atoms with van der Waals surface area (Å²) in [7, 11) is 1.80. The first-order valence-corrected chi connectivity index (χ1v) is 6.42. The predicted molar refractivity (Wildman–Crippen MR) is 65.1 cm³/mol. The summed E-state index contributed by atoms with van der Waals surface area (Å²) < 4.78 is 5.26. The van der Waals surface area contributed by atoms with Crippen molar-refractivity contribution in [1.82, 2.24) is 5.32 Å². The Morgan fingerprint density at radius 3 is 2.60 bits per heavy atom. The highest BCUT2D eigenvalue weighted by atomic mass is 16.5. The monoisotopic (exact) mass is 213 g/mol. The van der Waals surface area contributed by atoms with E-state index in [1.807, 2.05) is 0 Å². The van der Waals surface area contributed by atoms with Gasteiger partial charge in [0.05, 0.1) is 6.61 Å². The molecule has 2 nitrogen and oxygen atoms in total. The van der Waals surface area contributed by atoms with Crippen molar-refractivity contribution in [3.63, 3.8) is 0 Å². The van der Waals surface area contributed by atoms with Crippen LogP contribution in [0.1, 0.15) is 52.4 Å². The van der Waals surface area contributed by atoms with Crippen molar-refractivity contribution in [3.05, 3.63) is 0 Å². The number of nitrogens with one attached hydrogen (secondary N) is 1. The molecule has 2 heteroatoms. The highest BCUT2D eigenvalue weighted by molar-refractivity contribution is 4.86. The van der Waals surface area contributed by atoms with E-state index in [-0.39, 0.29) is 0 Å². The van der Waals surface area contributed by atoms with Crippen LogP contribution in [0.5, 0.6) is 0 Å². The van der Waals surface area contributed by atoms with Gasteiger partial charge in [0, 0.05) is 19.7 Å². The molecular formula is C13H27NO. The predicted octanol–water partition coefficient (Wildman–Crippen LogP) is 2.97. The van der Waals surface area contributed by atoms with Crippen molar-refractivity contribution in [3.8, 4) is 0 Å². The van der Waals surface area contributed by atoms with Crippen LogP contribution < -0.4 is 5.32 Å². The number of ether oxygens (including phenoxy) is 1. The zero-order valence-electron chi connectivity index (χ0n) is 10.6. The zero-order valence-corrected chi connectivity index (χ0v) is 10.6. The van der Waals surface area contributed by atoms with Gasteiger partial charge in [0.2, 0.25) is 0 Å². The van der Waals surface area contributed by atoms with Crippen LogP contribution in [0, 0.1) is 5.41 Å². The molecule has 0 aromatic heterocycles. The second-order valence-corrected chi connectivity index (χ2v) is 5.34. The molecule has 90 valence electrons. The van der Waals surface area contributed by atoms with E-state index in [0.29, 0.717) is 11.5 Å². The number of rotatable bonds is 8. The molecule has 0 aliphatic heterocycles. The minimum atomic E-state index is 0.562. The van der Waals surface area contributed by atoms with Gasteiger partial charge >= 0.3 is 0 Å². The molecule has 1 unspecified atom stereocenters. The lowest BCUT2D eigenvalue weighted by atomic mass is 9.70. The van der Waals surface area contributed by atoms with Crippen molar-refractivity contribution < 1.29 is 4.74 Å². The molecule has 0 radical (unpaired) electrons. The van der Waals surface area contributed by atoms with E-state index >= 15 is 0 Å². The molecule has 0 amide bonds. The summed E-state index contributed by atoms with van der Waals surface area (Å²) >= 11 is 0. The fourth-order valence-corrected chi connectivity index (χ4v) is 2.24. The molecule has 0 heterocycles. The topological polar surface area (TPSA) is 21.3 Å². The van der Waals surface area contributed by atoms with Crippen molar-refractivity contribution in [1.29, 1.82) is 0 Å². The number of hydrogen-bond donors (Lipinski definition) is 1. The third kappa shape index (κ3) is 4.52. The van der Waals surface area contributed by atoms with Crippen LogP contribution in [-0.4, -0.2) is 26.3 Å². The minimum Gasteiger partial charge on any atom is -0.383 e. The highest BCUT2D eigenvalue weighted by Crippen LogP contribution is 2.39. The van der Waals surface area contributed by atoms with Gasteiger partial charge in [-0.2, -0.15) is 0 Å². The number of hydrogen-bond acceptors (Lipinski definition) is 2. The van der Waals surface area contributed by atoms with Crippen molar-refractivity contribution in [2.24, 2.45) is 5.41 Å². The molecule has 0 aromatic rings. The van der Waals surface area contributed by atoms with E-state index in [1.165, 1.54) is 45.1 Å². The first-order chi connectivity index (χ1) is 7.20. The van der Waals surface area contributed by atoms with E-state index in [0.717, 1.165) is 6.61 Å². The normalized spacial score (nSPS) is 21.0. The van der Waals surface area contributed by atoms with Crippen LogP contribution >= 0.6 is 0 Å². The van der Waals surface area contributed by atoms with Gasteiger partial charge < -0.3 is 10.1 Å². The van der Waals surface area contributed by atoms with Gasteiger partial charge in [-0.1, -0.05) is 33.1 Å². The minimum absolute atomic E-state index is 0.562. The van der Waals surface area contributed by atoms with Crippen LogP contribution in [-0.2, 0) is 4.74 Å². The first-order valence-electron chi connectivity index (χ1n) is 6.42. The van der Waals surface area contributed by atoms with E-state index < -0.39 is 0 Å². The van der Waals surface area contributed by atoms with Crippen LogP contribution in [0.15, 0.2) is 0 Å². The third-order valence-electron chi connectivity index (χ3n) is 3.65. The Bertz CT molecular complexity index is 166. The maximum absolute atomic E-state index is 5.26. The Kier molecular flexibility index (Phi) is 5.62. The summed E-state index contributed by atoms with van der Waals surface area (Å²) in [6.45, 7) is 6.67. The van der Waals surface area contributed by atoms with E-state index in [1.54, 1.807) is 7.11 Å². The Hall–Kier alpha value is -0.0800. The lowest BCUT2D eigenvalue weighted by Crippen LogP contribution is -2.43. The SMILES string of the molecule is CCCCC(COC)NCC1(C)CCC1. The summed E-state index contributed by atoms with van der Waals surface area (Å²) in [5, 5.41) is 3.67. The molecule has 0 bridgehead atoms. The Morgan fingerprint density at radius 1 is 1.40 bits per heavy atom. The summed E-state index contributed by atoms with van der Waals surface area (Å²) in [6.07, 6.45) is 8.04. The first kappa shape index (κ1) is 13.0. The molecule has 1 N–H and O–H groups in total. The Balaban J connectivity index is 2.17. The molecule has 0 spiro atoms. The Labute approximate surface area is 94.8 Å². The lowest BCUT2D eigenvalue weighted by Gasteiger charge is -2.39. The summed E-state index contributed by atoms with van der Waals surface area (Å²) in [5.41, 5.74) is 0.582. The van der Waals surface area contributed by atoms with E-state index in [9.17, 15) is 0 Å². The van der Waals surface area contributed by atoms with Crippen LogP contribution in [0.25, 0.3) is 0 Å². The molecule has 1 aliphatic rings. The van der Waals surface area contributed by atoms with E-state index in [2.05, 4.69) is 19.2 Å². The quantitative estimate of drug-likeness (QED) is 0.669. The number of unbranched alkanes of at least 4 members (excludes halogenated alkanes) is 1.